The van der Waals surface area contributed by atoms with Crippen LogP contribution >= 0.6 is 0 Å². The zero-order chi connectivity index (χ0) is 14.0. The van der Waals surface area contributed by atoms with Crippen LogP contribution in [-0.4, -0.2) is 37.0 Å². The molecule has 5 nitrogen and oxygen atoms in total. The van der Waals surface area contributed by atoms with Gasteiger partial charge in [0, 0.05) is 19.5 Å². The van der Waals surface area contributed by atoms with E-state index >= 15 is 0 Å². The van der Waals surface area contributed by atoms with E-state index in [4.69, 9.17) is 9.15 Å². The highest BCUT2D eigenvalue weighted by Crippen LogP contribution is 2.32. The molecule has 5 heteroatoms. The van der Waals surface area contributed by atoms with Crippen LogP contribution in [0.3, 0.4) is 0 Å². The average molecular weight is 265 g/mol. The second-order valence-corrected chi connectivity index (χ2v) is 5.15. The Labute approximate surface area is 112 Å². The van der Waals surface area contributed by atoms with Gasteiger partial charge in [-0.15, -0.1) is 0 Å². The van der Waals surface area contributed by atoms with Crippen molar-refractivity contribution in [1.29, 1.82) is 0 Å². The molecule has 0 spiro atoms. The maximum Gasteiger partial charge on any atom is 0.313 e. The van der Waals surface area contributed by atoms with E-state index in [1.165, 1.54) is 7.11 Å². The molecule has 2 rings (SSSR count). The summed E-state index contributed by atoms with van der Waals surface area (Å²) in [7, 11) is 1.37. The SMILES string of the molecule is CCc1ccc(C(=O)N2CCC(C)(C(=O)OC)C2)o1. The molecule has 0 bridgehead atoms. The molecular formula is C14H19NO4. The van der Waals surface area contributed by atoms with E-state index in [2.05, 4.69) is 0 Å². The molecule has 1 saturated heterocycles. The quantitative estimate of drug-likeness (QED) is 0.783. The number of carbonyl (C=O) groups excluding carboxylic acids is 2. The number of rotatable bonds is 3. The van der Waals surface area contributed by atoms with Gasteiger partial charge in [0.15, 0.2) is 5.76 Å². The largest absolute Gasteiger partial charge is 0.469 e. The van der Waals surface area contributed by atoms with Crippen LogP contribution in [0.5, 0.6) is 0 Å². The zero-order valence-electron chi connectivity index (χ0n) is 11.6. The number of hydrogen-bond donors (Lipinski definition) is 0. The van der Waals surface area contributed by atoms with Crippen molar-refractivity contribution in [3.8, 4) is 0 Å². The number of esters is 1. The molecule has 1 unspecified atom stereocenters. The van der Waals surface area contributed by atoms with Crippen LogP contribution in [0.15, 0.2) is 16.5 Å². The molecule has 1 amide bonds. The van der Waals surface area contributed by atoms with E-state index in [0.717, 1.165) is 12.2 Å². The maximum atomic E-state index is 12.3. The van der Waals surface area contributed by atoms with Crippen LogP contribution in [0.2, 0.25) is 0 Å². The van der Waals surface area contributed by atoms with Crippen LogP contribution in [0.4, 0.5) is 0 Å². The van der Waals surface area contributed by atoms with Crippen molar-refractivity contribution in [3.63, 3.8) is 0 Å². The third-order valence-electron chi connectivity index (χ3n) is 3.66. The van der Waals surface area contributed by atoms with Crippen molar-refractivity contribution >= 4 is 11.9 Å². The Balaban J connectivity index is 2.08. The van der Waals surface area contributed by atoms with Crippen LogP contribution in [0.25, 0.3) is 0 Å². The molecule has 0 aromatic carbocycles. The molecule has 1 aliphatic rings. The molecular weight excluding hydrogens is 246 g/mol. The van der Waals surface area contributed by atoms with Crippen molar-refractivity contribution in [1.82, 2.24) is 4.90 Å². The predicted octanol–water partition coefficient (Wildman–Crippen LogP) is 1.87. The molecule has 1 aromatic heterocycles. The number of likely N-dealkylation sites (tertiary alicyclic amines) is 1. The Hall–Kier alpha value is -1.78. The third kappa shape index (κ3) is 2.50. The first kappa shape index (κ1) is 13.6. The summed E-state index contributed by atoms with van der Waals surface area (Å²) in [4.78, 5) is 25.6. The van der Waals surface area contributed by atoms with Crippen LogP contribution < -0.4 is 0 Å². The lowest BCUT2D eigenvalue weighted by Crippen LogP contribution is -2.35. The average Bonchev–Trinajstić information content (AvgIpc) is 3.04. The van der Waals surface area contributed by atoms with Crippen molar-refractivity contribution in [2.24, 2.45) is 5.41 Å². The Kier molecular flexibility index (Phi) is 3.64. The minimum absolute atomic E-state index is 0.160. The summed E-state index contributed by atoms with van der Waals surface area (Å²) < 4.78 is 10.2. The molecule has 0 saturated carbocycles. The van der Waals surface area contributed by atoms with Crippen LogP contribution in [0, 0.1) is 5.41 Å². The Morgan fingerprint density at radius 3 is 2.79 bits per heavy atom. The fourth-order valence-corrected chi connectivity index (χ4v) is 2.39. The van der Waals surface area contributed by atoms with Gasteiger partial charge in [0.2, 0.25) is 0 Å². The maximum absolute atomic E-state index is 12.3. The number of ether oxygens (including phenoxy) is 1. The molecule has 1 aliphatic heterocycles. The highest BCUT2D eigenvalue weighted by atomic mass is 16.5. The normalized spacial score (nSPS) is 22.6. The predicted molar refractivity (Wildman–Crippen MR) is 68.7 cm³/mol. The summed E-state index contributed by atoms with van der Waals surface area (Å²) >= 11 is 0. The zero-order valence-corrected chi connectivity index (χ0v) is 11.6. The van der Waals surface area contributed by atoms with Gasteiger partial charge in [0.25, 0.3) is 5.91 Å². The fourth-order valence-electron chi connectivity index (χ4n) is 2.39. The first-order valence-corrected chi connectivity index (χ1v) is 6.46. The van der Waals surface area contributed by atoms with Gasteiger partial charge in [-0.3, -0.25) is 9.59 Å². The number of hydrogen-bond acceptors (Lipinski definition) is 4. The van der Waals surface area contributed by atoms with E-state index in [-0.39, 0.29) is 11.9 Å². The smallest absolute Gasteiger partial charge is 0.313 e. The van der Waals surface area contributed by atoms with E-state index < -0.39 is 5.41 Å². The van der Waals surface area contributed by atoms with Gasteiger partial charge in [-0.05, 0) is 25.5 Å². The third-order valence-corrected chi connectivity index (χ3v) is 3.66. The van der Waals surface area contributed by atoms with Gasteiger partial charge >= 0.3 is 5.97 Å². The van der Waals surface area contributed by atoms with Gasteiger partial charge in [-0.2, -0.15) is 0 Å². The monoisotopic (exact) mass is 265 g/mol. The minimum atomic E-state index is -0.607. The van der Waals surface area contributed by atoms with Crippen LogP contribution in [0.1, 0.15) is 36.6 Å². The second-order valence-electron chi connectivity index (χ2n) is 5.15. The number of carbonyl (C=O) groups is 2. The topological polar surface area (TPSA) is 59.8 Å². The molecule has 0 radical (unpaired) electrons. The fraction of sp³-hybridized carbons (Fsp3) is 0.571. The number of amides is 1. The highest BCUT2D eigenvalue weighted by Gasteiger charge is 2.43. The van der Waals surface area contributed by atoms with Crippen LogP contribution in [-0.2, 0) is 16.0 Å². The van der Waals surface area contributed by atoms with E-state index in [9.17, 15) is 9.59 Å². The van der Waals surface area contributed by atoms with Crippen molar-refractivity contribution in [2.45, 2.75) is 26.7 Å². The molecule has 1 fully saturated rings. The van der Waals surface area contributed by atoms with Crippen molar-refractivity contribution < 1.29 is 18.7 Å². The van der Waals surface area contributed by atoms with E-state index in [1.807, 2.05) is 19.9 Å². The lowest BCUT2D eigenvalue weighted by molar-refractivity contribution is -0.150. The summed E-state index contributed by atoms with van der Waals surface area (Å²) in [5.74, 6) is 0.702. The van der Waals surface area contributed by atoms with E-state index in [1.54, 1.807) is 11.0 Å². The van der Waals surface area contributed by atoms with Crippen molar-refractivity contribution in [3.05, 3.63) is 23.7 Å². The first-order chi connectivity index (χ1) is 9.00. The summed E-state index contributed by atoms with van der Waals surface area (Å²) in [5.41, 5.74) is -0.607. The molecule has 1 aromatic rings. The number of nitrogens with zero attached hydrogens (tertiary/aromatic N) is 1. The molecule has 0 aliphatic carbocycles. The highest BCUT2D eigenvalue weighted by molar-refractivity contribution is 5.92. The summed E-state index contributed by atoms with van der Waals surface area (Å²) in [6, 6.07) is 3.50. The standard InChI is InChI=1S/C14H19NO4/c1-4-10-5-6-11(19-10)12(16)15-8-7-14(2,9-15)13(17)18-3/h5-6H,4,7-9H2,1-3H3. The Morgan fingerprint density at radius 2 is 2.21 bits per heavy atom. The molecule has 2 heterocycles. The van der Waals surface area contributed by atoms with Gasteiger partial charge in [-0.1, -0.05) is 6.92 Å². The first-order valence-electron chi connectivity index (χ1n) is 6.46. The molecule has 0 N–H and O–H groups in total. The lowest BCUT2D eigenvalue weighted by Gasteiger charge is -2.21. The summed E-state index contributed by atoms with van der Waals surface area (Å²) in [5, 5.41) is 0. The lowest BCUT2D eigenvalue weighted by atomic mass is 9.90. The summed E-state index contributed by atoms with van der Waals surface area (Å²) in [6.45, 7) is 4.72. The number of methoxy groups -OCH3 is 1. The molecule has 19 heavy (non-hydrogen) atoms. The van der Waals surface area contributed by atoms with Gasteiger partial charge in [-0.25, -0.2) is 0 Å². The minimum Gasteiger partial charge on any atom is -0.469 e. The van der Waals surface area contributed by atoms with Gasteiger partial charge < -0.3 is 14.1 Å². The van der Waals surface area contributed by atoms with Crippen molar-refractivity contribution in [2.75, 3.05) is 20.2 Å². The van der Waals surface area contributed by atoms with Gasteiger partial charge in [0.05, 0.1) is 12.5 Å². The summed E-state index contributed by atoms with van der Waals surface area (Å²) in [6.07, 6.45) is 1.37. The van der Waals surface area contributed by atoms with E-state index in [0.29, 0.717) is 25.3 Å². The Bertz CT molecular complexity index is 493. The second kappa shape index (κ2) is 5.07. The molecule has 1 atom stereocenters. The Morgan fingerprint density at radius 1 is 1.47 bits per heavy atom. The van der Waals surface area contributed by atoms with Gasteiger partial charge in [0.1, 0.15) is 5.76 Å². The molecule has 104 valence electrons. The number of aryl methyl sites for hydroxylation is 1. The number of furan rings is 1.